The van der Waals surface area contributed by atoms with Gasteiger partial charge in [-0.05, 0) is 29.6 Å². The Kier molecular flexibility index (Phi) is 8.32. The SMILES string of the molecule is CCCCOC[P](c1ccccc1)(c1ccccc1)c1ccccc1.Cl. The van der Waals surface area contributed by atoms with Crippen LogP contribution in [0.25, 0.3) is 0 Å². The molecule has 0 aromatic heterocycles. The zero-order valence-corrected chi connectivity index (χ0v) is 17.0. The second-order valence-electron chi connectivity index (χ2n) is 6.21. The van der Waals surface area contributed by atoms with Gasteiger partial charge in [-0.3, -0.25) is 0 Å². The fourth-order valence-electron chi connectivity index (χ4n) is 3.17. The first-order valence-corrected chi connectivity index (χ1v) is 11.0. The summed E-state index contributed by atoms with van der Waals surface area (Å²) in [7, 11) is -1.82. The molecule has 1 nitrogen and oxygen atoms in total. The first-order valence-electron chi connectivity index (χ1n) is 9.00. The Morgan fingerprint density at radius 3 is 1.38 bits per heavy atom. The molecule has 3 rings (SSSR count). The van der Waals surface area contributed by atoms with Crippen LogP contribution in [0.15, 0.2) is 91.0 Å². The molecule has 137 valence electrons. The highest BCUT2D eigenvalue weighted by atomic mass is 35.5. The first-order chi connectivity index (χ1) is 12.4. The Bertz CT molecular complexity index is 650. The minimum absolute atomic E-state index is 0. The quantitative estimate of drug-likeness (QED) is 0.383. The summed E-state index contributed by atoms with van der Waals surface area (Å²) in [5, 5.41) is 4.14. The number of ether oxygens (including phenoxy) is 1. The number of hydrogen-bond acceptors (Lipinski definition) is 1. The van der Waals surface area contributed by atoms with Crippen molar-refractivity contribution >= 4 is 35.6 Å². The smallest absolute Gasteiger partial charge is 0.0740 e. The molecule has 0 amide bonds. The maximum Gasteiger partial charge on any atom is 0.0740 e. The molecule has 3 aromatic carbocycles. The van der Waals surface area contributed by atoms with Crippen LogP contribution < -0.4 is 15.9 Å². The van der Waals surface area contributed by atoms with Crippen LogP contribution in [0.4, 0.5) is 0 Å². The molecule has 3 aromatic rings. The number of halogens is 1. The summed E-state index contributed by atoms with van der Waals surface area (Å²) < 4.78 is 6.25. The molecular formula is C23H27ClOP. The van der Waals surface area contributed by atoms with E-state index in [1.54, 1.807) is 0 Å². The molecule has 0 bridgehead atoms. The van der Waals surface area contributed by atoms with Gasteiger partial charge in [0.05, 0.1) is 6.35 Å². The molecule has 0 saturated heterocycles. The van der Waals surface area contributed by atoms with Gasteiger partial charge in [-0.15, -0.1) is 12.4 Å². The predicted molar refractivity (Wildman–Crippen MR) is 118 cm³/mol. The minimum Gasteiger partial charge on any atom is -0.376 e. The summed E-state index contributed by atoms with van der Waals surface area (Å²) in [6.45, 7) is 3.03. The van der Waals surface area contributed by atoms with E-state index in [-0.39, 0.29) is 12.4 Å². The minimum atomic E-state index is -1.82. The van der Waals surface area contributed by atoms with Crippen molar-refractivity contribution in [2.45, 2.75) is 19.8 Å². The highest BCUT2D eigenvalue weighted by Gasteiger charge is 2.34. The van der Waals surface area contributed by atoms with E-state index in [9.17, 15) is 0 Å². The van der Waals surface area contributed by atoms with Crippen LogP contribution in [-0.2, 0) is 4.74 Å². The van der Waals surface area contributed by atoms with Crippen LogP contribution in [0, 0.1) is 0 Å². The maximum absolute atomic E-state index is 6.25. The summed E-state index contributed by atoms with van der Waals surface area (Å²) >= 11 is 0. The molecule has 0 atom stereocenters. The average molecular weight is 386 g/mol. The van der Waals surface area contributed by atoms with Crippen molar-refractivity contribution in [3.8, 4) is 0 Å². The predicted octanol–water partition coefficient (Wildman–Crippen LogP) is 5.18. The van der Waals surface area contributed by atoms with Gasteiger partial charge in [0.1, 0.15) is 0 Å². The molecule has 0 aliphatic heterocycles. The monoisotopic (exact) mass is 385 g/mol. The van der Waals surface area contributed by atoms with E-state index in [0.717, 1.165) is 25.8 Å². The van der Waals surface area contributed by atoms with E-state index >= 15 is 0 Å². The van der Waals surface area contributed by atoms with Gasteiger partial charge in [0.25, 0.3) is 0 Å². The molecule has 26 heavy (non-hydrogen) atoms. The third-order valence-corrected chi connectivity index (χ3v) is 8.63. The van der Waals surface area contributed by atoms with E-state index in [0.29, 0.717) is 0 Å². The van der Waals surface area contributed by atoms with Crippen LogP contribution in [0.5, 0.6) is 0 Å². The standard InChI is InChI=1S/C23H26OP.ClH/c1-2-3-19-24-20-25(21-13-7-4-8-14-21,22-15-9-5-10-16-22)23-17-11-6-12-18-23;/h4-18H,2-3,19-20H2,1H3;1H. The normalized spacial score (nSPS) is 11.0. The third-order valence-electron chi connectivity index (χ3n) is 4.52. The van der Waals surface area contributed by atoms with Crippen LogP contribution in [0.2, 0.25) is 0 Å². The molecule has 0 N–H and O–H groups in total. The Balaban J connectivity index is 0.00000243. The highest BCUT2D eigenvalue weighted by Crippen LogP contribution is 2.55. The van der Waals surface area contributed by atoms with Crippen molar-refractivity contribution in [1.82, 2.24) is 0 Å². The highest BCUT2D eigenvalue weighted by molar-refractivity contribution is 7.95. The Labute approximate surface area is 164 Å². The zero-order valence-electron chi connectivity index (χ0n) is 15.3. The molecule has 0 spiro atoms. The summed E-state index contributed by atoms with van der Waals surface area (Å²) in [4.78, 5) is 0. The van der Waals surface area contributed by atoms with Crippen molar-refractivity contribution < 1.29 is 4.74 Å². The van der Waals surface area contributed by atoms with Gasteiger partial charge in [-0.25, -0.2) is 0 Å². The lowest BCUT2D eigenvalue weighted by Crippen LogP contribution is -2.34. The second-order valence-corrected chi connectivity index (χ2v) is 9.63. The van der Waals surface area contributed by atoms with Crippen LogP contribution in [-0.4, -0.2) is 13.0 Å². The van der Waals surface area contributed by atoms with Crippen molar-refractivity contribution in [3.63, 3.8) is 0 Å². The van der Waals surface area contributed by atoms with E-state index in [4.69, 9.17) is 4.74 Å². The second kappa shape index (κ2) is 10.5. The average Bonchev–Trinajstić information content (AvgIpc) is 2.70. The molecule has 0 saturated carbocycles. The topological polar surface area (TPSA) is 9.23 Å². The molecule has 0 aliphatic carbocycles. The molecule has 0 heterocycles. The third kappa shape index (κ3) is 4.54. The lowest BCUT2D eigenvalue weighted by atomic mass is 10.4. The van der Waals surface area contributed by atoms with Crippen LogP contribution in [0.1, 0.15) is 19.8 Å². The molecule has 0 unspecified atom stereocenters. The number of hydrogen-bond donors (Lipinski definition) is 0. The summed E-state index contributed by atoms with van der Waals surface area (Å²) in [5.41, 5.74) is 0. The van der Waals surface area contributed by atoms with Gasteiger partial charge in [0, 0.05) is 6.61 Å². The number of rotatable bonds is 8. The van der Waals surface area contributed by atoms with Crippen molar-refractivity contribution in [1.29, 1.82) is 0 Å². The van der Waals surface area contributed by atoms with Gasteiger partial charge < -0.3 is 4.74 Å². The lowest BCUT2D eigenvalue weighted by Gasteiger charge is -2.38. The fraction of sp³-hybridized carbons (Fsp3) is 0.217. The lowest BCUT2D eigenvalue weighted by molar-refractivity contribution is 0.176. The van der Waals surface area contributed by atoms with E-state index in [2.05, 4.69) is 97.9 Å². The molecule has 0 aliphatic rings. The van der Waals surface area contributed by atoms with Gasteiger partial charge in [-0.1, -0.05) is 104 Å². The largest absolute Gasteiger partial charge is 0.376 e. The molecule has 1 radical (unpaired) electrons. The Morgan fingerprint density at radius 1 is 0.654 bits per heavy atom. The van der Waals surface area contributed by atoms with Gasteiger partial charge >= 0.3 is 0 Å². The van der Waals surface area contributed by atoms with Crippen LogP contribution >= 0.6 is 19.7 Å². The van der Waals surface area contributed by atoms with E-state index in [1.165, 1.54) is 15.9 Å². The zero-order chi connectivity index (χ0) is 17.4. The Hall–Kier alpha value is -1.66. The van der Waals surface area contributed by atoms with Gasteiger partial charge in [0.2, 0.25) is 0 Å². The van der Waals surface area contributed by atoms with E-state index in [1.807, 2.05) is 0 Å². The first kappa shape index (κ1) is 20.6. The van der Waals surface area contributed by atoms with Gasteiger partial charge in [0.15, 0.2) is 0 Å². The molecule has 0 fully saturated rings. The van der Waals surface area contributed by atoms with Crippen molar-refractivity contribution in [2.24, 2.45) is 0 Å². The maximum atomic E-state index is 6.25. The van der Waals surface area contributed by atoms with Crippen molar-refractivity contribution in [2.75, 3.05) is 13.0 Å². The number of unbranched alkanes of at least 4 members (excludes halogenated alkanes) is 1. The molecular weight excluding hydrogens is 359 g/mol. The van der Waals surface area contributed by atoms with Crippen molar-refractivity contribution in [3.05, 3.63) is 91.0 Å². The summed E-state index contributed by atoms with van der Waals surface area (Å²) in [5.74, 6) is 0. The Morgan fingerprint density at radius 2 is 1.04 bits per heavy atom. The van der Waals surface area contributed by atoms with Gasteiger partial charge in [-0.2, -0.15) is 0 Å². The summed E-state index contributed by atoms with van der Waals surface area (Å²) in [6, 6.07) is 32.7. The summed E-state index contributed by atoms with van der Waals surface area (Å²) in [6.07, 6.45) is 3.02. The fourth-order valence-corrected chi connectivity index (χ4v) is 6.95. The van der Waals surface area contributed by atoms with E-state index < -0.39 is 7.26 Å². The molecule has 3 heteroatoms. The number of benzene rings is 3. The van der Waals surface area contributed by atoms with Crippen LogP contribution in [0.3, 0.4) is 0 Å².